The highest BCUT2D eigenvalue weighted by Crippen LogP contribution is 2.45. The van der Waals surface area contributed by atoms with Crippen molar-refractivity contribution in [3.8, 4) is 33.4 Å². The van der Waals surface area contributed by atoms with Crippen LogP contribution in [-0.2, 0) is 0 Å². The number of hydrogen-bond donors (Lipinski definition) is 0. The Bertz CT molecular complexity index is 3080. The first-order chi connectivity index (χ1) is 24.8. The average Bonchev–Trinajstić information content (AvgIpc) is 3.74. The highest BCUT2D eigenvalue weighted by molar-refractivity contribution is 6.22. The van der Waals surface area contributed by atoms with Crippen molar-refractivity contribution >= 4 is 76.2 Å². The molecule has 0 fully saturated rings. The number of para-hydroxylation sites is 1. The Morgan fingerprint density at radius 1 is 0.260 bits per heavy atom. The van der Waals surface area contributed by atoms with Gasteiger partial charge in [0.2, 0.25) is 0 Å². The fraction of sp³-hybridized carbons (Fsp3) is 0. The molecule has 2 aromatic heterocycles. The van der Waals surface area contributed by atoms with Crippen LogP contribution in [0, 0.1) is 0 Å². The molecule has 0 spiro atoms. The van der Waals surface area contributed by atoms with Crippen molar-refractivity contribution in [1.29, 1.82) is 0 Å². The van der Waals surface area contributed by atoms with Crippen molar-refractivity contribution in [2.75, 3.05) is 0 Å². The summed E-state index contributed by atoms with van der Waals surface area (Å²) in [5, 5.41) is 11.7. The Morgan fingerprint density at radius 2 is 0.840 bits per heavy atom. The van der Waals surface area contributed by atoms with Crippen molar-refractivity contribution in [2.24, 2.45) is 0 Å². The minimum atomic E-state index is 0.864. The molecular formula is C48H28O2. The molecule has 0 saturated heterocycles. The van der Waals surface area contributed by atoms with Crippen LogP contribution < -0.4 is 0 Å². The highest BCUT2D eigenvalue weighted by Gasteiger charge is 2.18. The molecule has 0 aliphatic heterocycles. The van der Waals surface area contributed by atoms with E-state index in [9.17, 15) is 0 Å². The maximum Gasteiger partial charge on any atom is 0.143 e. The molecule has 0 N–H and O–H groups in total. The van der Waals surface area contributed by atoms with Crippen molar-refractivity contribution in [3.05, 3.63) is 170 Å². The highest BCUT2D eigenvalue weighted by atomic mass is 16.3. The van der Waals surface area contributed by atoms with Crippen LogP contribution in [0.15, 0.2) is 179 Å². The first kappa shape index (κ1) is 27.3. The van der Waals surface area contributed by atoms with Crippen molar-refractivity contribution < 1.29 is 8.83 Å². The van der Waals surface area contributed by atoms with E-state index in [-0.39, 0.29) is 0 Å². The van der Waals surface area contributed by atoms with Crippen LogP contribution >= 0.6 is 0 Å². The Kier molecular flexibility index (Phi) is 5.70. The third-order valence-electron chi connectivity index (χ3n) is 10.4. The summed E-state index contributed by atoms with van der Waals surface area (Å²) in [5.74, 6) is 0. The summed E-state index contributed by atoms with van der Waals surface area (Å²) < 4.78 is 12.8. The summed E-state index contributed by atoms with van der Waals surface area (Å²) in [5.41, 5.74) is 10.8. The number of hydrogen-bond acceptors (Lipinski definition) is 2. The average molecular weight is 637 g/mol. The van der Waals surface area contributed by atoms with Gasteiger partial charge in [-0.3, -0.25) is 0 Å². The van der Waals surface area contributed by atoms with E-state index < -0.39 is 0 Å². The number of furan rings is 2. The van der Waals surface area contributed by atoms with E-state index in [0.29, 0.717) is 0 Å². The van der Waals surface area contributed by atoms with Crippen molar-refractivity contribution in [2.45, 2.75) is 0 Å². The lowest BCUT2D eigenvalue weighted by molar-refractivity contribution is 0.667. The molecule has 50 heavy (non-hydrogen) atoms. The molecule has 0 aliphatic rings. The zero-order valence-electron chi connectivity index (χ0n) is 27.0. The lowest BCUT2D eigenvalue weighted by Gasteiger charge is -2.18. The lowest BCUT2D eigenvalue weighted by Crippen LogP contribution is -1.91. The van der Waals surface area contributed by atoms with E-state index in [4.69, 9.17) is 8.83 Å². The third kappa shape index (κ3) is 3.96. The van der Waals surface area contributed by atoms with E-state index in [1.54, 1.807) is 0 Å². The van der Waals surface area contributed by atoms with Gasteiger partial charge in [0.15, 0.2) is 0 Å². The minimum Gasteiger partial charge on any atom is -0.456 e. The van der Waals surface area contributed by atoms with Gasteiger partial charge in [0, 0.05) is 26.9 Å². The Morgan fingerprint density at radius 3 is 1.60 bits per heavy atom. The van der Waals surface area contributed by atoms with Gasteiger partial charge < -0.3 is 8.83 Å². The maximum absolute atomic E-state index is 6.47. The molecule has 2 heterocycles. The van der Waals surface area contributed by atoms with E-state index in [0.717, 1.165) is 60.2 Å². The summed E-state index contributed by atoms with van der Waals surface area (Å²) >= 11 is 0. The van der Waals surface area contributed by atoms with Gasteiger partial charge in [-0.05, 0) is 103 Å². The first-order valence-electron chi connectivity index (χ1n) is 17.1. The molecule has 11 rings (SSSR count). The summed E-state index contributed by atoms with van der Waals surface area (Å²) in [6.07, 6.45) is 0. The summed E-state index contributed by atoms with van der Waals surface area (Å²) in [6.45, 7) is 0. The molecule has 0 radical (unpaired) electrons. The largest absolute Gasteiger partial charge is 0.456 e. The third-order valence-corrected chi connectivity index (χ3v) is 10.4. The smallest absolute Gasteiger partial charge is 0.143 e. The second kappa shape index (κ2) is 10.4. The predicted octanol–water partition coefficient (Wildman–Crippen LogP) is 13.9. The Balaban J connectivity index is 1.09. The molecule has 232 valence electrons. The molecule has 9 aromatic carbocycles. The van der Waals surface area contributed by atoms with Crippen LogP contribution in [0.5, 0.6) is 0 Å². The van der Waals surface area contributed by atoms with Crippen molar-refractivity contribution in [1.82, 2.24) is 0 Å². The van der Waals surface area contributed by atoms with Gasteiger partial charge in [0.1, 0.15) is 22.3 Å². The maximum atomic E-state index is 6.47. The lowest BCUT2D eigenvalue weighted by atomic mass is 9.85. The second-order valence-electron chi connectivity index (χ2n) is 13.2. The van der Waals surface area contributed by atoms with E-state index >= 15 is 0 Å². The van der Waals surface area contributed by atoms with Gasteiger partial charge in [-0.15, -0.1) is 0 Å². The standard InChI is InChI=1S/C48H28O2/c1-2-11-29(12-3-1)46-35-16-4-6-18-37(35)47(38-19-7-5-17-36(38)46)33-14-10-13-30(25-33)31-22-24-44-41(26-31)42-27-32-21-23-39-34-15-8-9-20-43(34)50-48(39)40(32)28-45(42)49-44/h1-28H. The number of fused-ring (bicyclic) bond motifs is 10. The first-order valence-corrected chi connectivity index (χ1v) is 17.1. The summed E-state index contributed by atoms with van der Waals surface area (Å²) in [7, 11) is 0. The van der Waals surface area contributed by atoms with Gasteiger partial charge in [-0.2, -0.15) is 0 Å². The van der Waals surface area contributed by atoms with Crippen LogP contribution in [-0.4, -0.2) is 0 Å². The monoisotopic (exact) mass is 636 g/mol. The zero-order chi connectivity index (χ0) is 32.8. The molecule has 2 nitrogen and oxygen atoms in total. The van der Waals surface area contributed by atoms with Crippen LogP contribution in [0.1, 0.15) is 0 Å². The number of benzene rings is 9. The summed E-state index contributed by atoms with van der Waals surface area (Å²) in [6, 6.07) is 61.0. The topological polar surface area (TPSA) is 26.3 Å². The zero-order valence-corrected chi connectivity index (χ0v) is 27.0. The van der Waals surface area contributed by atoms with Gasteiger partial charge in [0.05, 0.1) is 0 Å². The fourth-order valence-corrected chi connectivity index (χ4v) is 8.17. The minimum absolute atomic E-state index is 0.864. The molecule has 0 bridgehead atoms. The Labute approximate surface area is 287 Å². The van der Waals surface area contributed by atoms with Gasteiger partial charge in [-0.25, -0.2) is 0 Å². The molecular weight excluding hydrogens is 609 g/mol. The number of rotatable bonds is 3. The molecule has 0 aliphatic carbocycles. The quantitative estimate of drug-likeness (QED) is 0.180. The second-order valence-corrected chi connectivity index (χ2v) is 13.2. The normalized spacial score (nSPS) is 12.0. The van der Waals surface area contributed by atoms with Crippen LogP contribution in [0.2, 0.25) is 0 Å². The van der Waals surface area contributed by atoms with Gasteiger partial charge in [0.25, 0.3) is 0 Å². The molecule has 0 saturated carbocycles. The van der Waals surface area contributed by atoms with Crippen molar-refractivity contribution in [3.63, 3.8) is 0 Å². The fourth-order valence-electron chi connectivity index (χ4n) is 8.17. The summed E-state index contributed by atoms with van der Waals surface area (Å²) in [4.78, 5) is 0. The van der Waals surface area contributed by atoms with Gasteiger partial charge in [-0.1, -0.05) is 127 Å². The molecule has 0 atom stereocenters. The molecule has 2 heteroatoms. The molecule has 0 amide bonds. The van der Waals surface area contributed by atoms with Crippen LogP contribution in [0.25, 0.3) is 110 Å². The van der Waals surface area contributed by atoms with Crippen LogP contribution in [0.4, 0.5) is 0 Å². The van der Waals surface area contributed by atoms with Crippen LogP contribution in [0.3, 0.4) is 0 Å². The predicted molar refractivity (Wildman–Crippen MR) is 210 cm³/mol. The molecule has 0 unspecified atom stereocenters. The van der Waals surface area contributed by atoms with E-state index in [1.807, 2.05) is 12.1 Å². The Hall–Kier alpha value is -6.64. The van der Waals surface area contributed by atoms with Gasteiger partial charge >= 0.3 is 0 Å². The molecule has 11 aromatic rings. The SMILES string of the molecule is c1ccc(-c2c3ccccc3c(-c3cccc(-c4ccc5oc6cc7c(ccc8c9ccccc9oc78)cc6c5c4)c3)c3ccccc23)cc1. The van der Waals surface area contributed by atoms with E-state index in [1.165, 1.54) is 49.4 Å². The van der Waals surface area contributed by atoms with E-state index in [2.05, 4.69) is 158 Å².